The maximum atomic E-state index is 12.0. The van der Waals surface area contributed by atoms with Gasteiger partial charge in [0, 0.05) is 5.56 Å². The number of hydrogen-bond acceptors (Lipinski definition) is 7. The monoisotopic (exact) mass is 653 g/mol. The van der Waals surface area contributed by atoms with Gasteiger partial charge in [-0.1, -0.05) is 18.2 Å². The van der Waals surface area contributed by atoms with E-state index in [9.17, 15) is 64.8 Å². The zero-order chi connectivity index (χ0) is 31.6. The van der Waals surface area contributed by atoms with Crippen LogP contribution in [0.3, 0.4) is 0 Å². The highest BCUT2D eigenvalue weighted by Gasteiger charge is 2.63. The van der Waals surface area contributed by atoms with Gasteiger partial charge in [-0.3, -0.25) is 29.7 Å². The molecule has 0 saturated carbocycles. The molecule has 0 fully saturated rings. The lowest BCUT2D eigenvalue weighted by molar-refractivity contribution is -0.0471. The van der Waals surface area contributed by atoms with Gasteiger partial charge in [0.1, 0.15) is 18.0 Å². The van der Waals surface area contributed by atoms with E-state index in [4.69, 9.17) is 4.74 Å². The van der Waals surface area contributed by atoms with E-state index in [1.807, 2.05) is 12.1 Å². The summed E-state index contributed by atoms with van der Waals surface area (Å²) in [6.45, 7) is 0.966. The Hall–Kier alpha value is -2.58. The number of halogens is 9. The molecule has 20 heteroatoms. The van der Waals surface area contributed by atoms with Crippen LogP contribution < -0.4 is 9.22 Å². The van der Waals surface area contributed by atoms with E-state index < -0.39 is 50.0 Å². The van der Waals surface area contributed by atoms with Gasteiger partial charge in [0.05, 0.1) is 25.1 Å². The van der Waals surface area contributed by atoms with Crippen LogP contribution in [0, 0.1) is 3.91 Å². The van der Waals surface area contributed by atoms with Crippen molar-refractivity contribution in [3.63, 3.8) is 0 Å². The number of nitrogens with zero attached hydrogens (tertiary/aromatic N) is 1. The zero-order valence-electron chi connectivity index (χ0n) is 20.3. The lowest BCUT2D eigenvalue weighted by atomic mass is 10.1. The number of para-hydroxylation sites is 1. The van der Waals surface area contributed by atoms with Crippen LogP contribution in [0.2, 0.25) is 0 Å². The van der Waals surface area contributed by atoms with Gasteiger partial charge in [-0.15, -0.1) is 0 Å². The molecule has 0 aliphatic heterocycles. The number of hydrogen-bond donors (Lipinski definition) is 0. The summed E-state index contributed by atoms with van der Waals surface area (Å²) in [5, 5.41) is 0. The fourth-order valence-electron chi connectivity index (χ4n) is 2.83. The summed E-state index contributed by atoms with van der Waals surface area (Å²) in [5.41, 5.74) is -18.5. The van der Waals surface area contributed by atoms with Crippen LogP contribution in [0.25, 0.3) is 0 Å². The zero-order valence-corrected chi connectivity index (χ0v) is 22.8. The van der Waals surface area contributed by atoms with Gasteiger partial charge in [0.2, 0.25) is 0 Å². The summed E-state index contributed by atoms with van der Waals surface area (Å²) in [6.07, 6.45) is 0. The molecular weight excluding hydrogens is 633 g/mol. The van der Waals surface area contributed by atoms with Crippen molar-refractivity contribution in [2.75, 3.05) is 21.2 Å². The first-order valence-electron chi connectivity index (χ1n) is 10.1. The summed E-state index contributed by atoms with van der Waals surface area (Å²) in [7, 11) is -17.9. The standard InChI is InChI=1S/C16H20NO.C4F9O6S3/c1-17(2,15-7-5-4-6-8-15)13-14-9-11-16(18-3)12-10-14;5-2(6,7)20(14,15)1(21(16,17)3(8,9)10)22(18,19)4(11,12)13/h4-12H,13H2,1-3H3;/q+1;-1. The van der Waals surface area contributed by atoms with Crippen LogP contribution in [-0.4, -0.2) is 63.0 Å². The molecule has 0 atom stereocenters. The second-order valence-corrected chi connectivity index (χ2v) is 14.5. The van der Waals surface area contributed by atoms with Crippen molar-refractivity contribution in [1.29, 1.82) is 0 Å². The minimum absolute atomic E-state index is 0.840. The fraction of sp³-hybridized carbons (Fsp3) is 0.350. The van der Waals surface area contributed by atoms with Crippen LogP contribution in [-0.2, 0) is 36.1 Å². The molecule has 8 nitrogen and oxygen atoms in total. The Morgan fingerprint density at radius 1 is 0.650 bits per heavy atom. The average Bonchev–Trinajstić information content (AvgIpc) is 2.77. The number of quaternary nitrogens is 1. The average molecular weight is 654 g/mol. The van der Waals surface area contributed by atoms with E-state index in [2.05, 4.69) is 56.6 Å². The number of benzene rings is 2. The van der Waals surface area contributed by atoms with Gasteiger partial charge in [-0.25, -0.2) is 0 Å². The molecule has 0 saturated heterocycles. The molecular formula is C20H20F9NO7S3. The third-order valence-corrected chi connectivity index (χ3v) is 11.9. The highest BCUT2D eigenvalue weighted by molar-refractivity contribution is 8.29. The molecule has 2 rings (SSSR count). The number of sulfone groups is 3. The summed E-state index contributed by atoms with van der Waals surface area (Å²) in [6, 6.07) is 18.8. The van der Waals surface area contributed by atoms with Gasteiger partial charge >= 0.3 is 16.5 Å². The molecule has 0 heterocycles. The Kier molecular flexibility index (Phi) is 10.4. The predicted molar refractivity (Wildman–Crippen MR) is 125 cm³/mol. The van der Waals surface area contributed by atoms with Crippen LogP contribution in [0.4, 0.5) is 45.2 Å². The lowest BCUT2D eigenvalue weighted by Gasteiger charge is -2.31. The largest absolute Gasteiger partial charge is 0.497 e. The van der Waals surface area contributed by atoms with Crippen LogP contribution in [0.15, 0.2) is 54.6 Å². The molecule has 0 aliphatic carbocycles. The maximum Gasteiger partial charge on any atom is 0.470 e. The number of rotatable bonds is 7. The van der Waals surface area contributed by atoms with E-state index in [1.165, 1.54) is 11.3 Å². The van der Waals surface area contributed by atoms with E-state index in [0.717, 1.165) is 16.8 Å². The topological polar surface area (TPSA) is 112 Å². The Bertz CT molecular complexity index is 1360. The molecule has 0 bridgehead atoms. The molecule has 0 N–H and O–H groups in total. The van der Waals surface area contributed by atoms with Gasteiger partial charge in [0.25, 0.3) is 0 Å². The fourth-order valence-corrected chi connectivity index (χ4v) is 8.56. The summed E-state index contributed by atoms with van der Waals surface area (Å²) >= 11 is 0. The summed E-state index contributed by atoms with van der Waals surface area (Å²) in [4.78, 5) is 0. The third-order valence-electron chi connectivity index (χ3n) is 4.76. The SMILES string of the molecule is COc1ccc(C[N+](C)(C)c2ccccc2)cc1.O=S(=O)([C-](S(=O)(=O)C(F)(F)F)S(=O)(=O)C(F)(F)F)C(F)(F)F. The van der Waals surface area contributed by atoms with Crippen molar-refractivity contribution in [1.82, 2.24) is 4.48 Å². The second-order valence-electron chi connectivity index (χ2n) is 8.12. The van der Waals surface area contributed by atoms with Crippen molar-refractivity contribution in [3.8, 4) is 5.75 Å². The molecule has 40 heavy (non-hydrogen) atoms. The van der Waals surface area contributed by atoms with Gasteiger partial charge in [0.15, 0.2) is 29.5 Å². The van der Waals surface area contributed by atoms with Crippen LogP contribution >= 0.6 is 0 Å². The second kappa shape index (κ2) is 11.7. The van der Waals surface area contributed by atoms with Crippen molar-refractivity contribution >= 4 is 35.2 Å². The molecule has 2 aromatic rings. The van der Waals surface area contributed by atoms with Gasteiger partial charge in [-0.2, -0.15) is 39.5 Å². The molecule has 0 aromatic heterocycles. The third kappa shape index (κ3) is 7.78. The quantitative estimate of drug-likeness (QED) is 0.242. The number of alkyl halides is 9. The van der Waals surface area contributed by atoms with Crippen molar-refractivity contribution in [2.24, 2.45) is 0 Å². The molecule has 2 aromatic carbocycles. The Labute approximate surface area is 223 Å². The molecule has 0 aliphatic rings. The lowest BCUT2D eigenvalue weighted by Crippen LogP contribution is -2.47. The van der Waals surface area contributed by atoms with Crippen molar-refractivity contribution < 1.29 is 69.5 Å². The van der Waals surface area contributed by atoms with E-state index in [0.29, 0.717) is 0 Å². The van der Waals surface area contributed by atoms with E-state index in [-0.39, 0.29) is 0 Å². The van der Waals surface area contributed by atoms with Crippen LogP contribution in [0.1, 0.15) is 5.56 Å². The smallest absolute Gasteiger partial charge is 0.470 e. The number of ether oxygens (including phenoxy) is 1. The van der Waals surface area contributed by atoms with Crippen molar-refractivity contribution in [3.05, 3.63) is 64.1 Å². The van der Waals surface area contributed by atoms with Gasteiger partial charge in [-0.05, 0) is 36.4 Å². The van der Waals surface area contributed by atoms with Crippen LogP contribution in [0.5, 0.6) is 5.75 Å². The summed E-state index contributed by atoms with van der Waals surface area (Å²) in [5.74, 6) is 0.906. The Balaban J connectivity index is 0.000000406. The minimum atomic E-state index is -8.02. The molecule has 0 amide bonds. The van der Waals surface area contributed by atoms with E-state index >= 15 is 0 Å². The first-order valence-corrected chi connectivity index (χ1v) is 14.5. The maximum absolute atomic E-state index is 12.0. The highest BCUT2D eigenvalue weighted by atomic mass is 32.3. The van der Waals surface area contributed by atoms with Crippen molar-refractivity contribution in [2.45, 2.75) is 23.1 Å². The minimum Gasteiger partial charge on any atom is -0.497 e. The first-order chi connectivity index (χ1) is 17.7. The van der Waals surface area contributed by atoms with Gasteiger partial charge < -0.3 is 4.74 Å². The highest BCUT2D eigenvalue weighted by Crippen LogP contribution is 2.47. The molecule has 228 valence electrons. The molecule has 0 unspecified atom stereocenters. The normalized spacial score (nSPS) is 13.9. The predicted octanol–water partition coefficient (Wildman–Crippen LogP) is 4.70. The summed E-state index contributed by atoms with van der Waals surface area (Å²) < 4.78 is 173. The first kappa shape index (κ1) is 35.4. The molecule has 0 spiro atoms. The molecule has 0 radical (unpaired) electrons. The van der Waals surface area contributed by atoms with E-state index in [1.54, 1.807) is 7.11 Å². The Morgan fingerprint density at radius 2 is 1.00 bits per heavy atom. The number of methoxy groups -OCH3 is 1. The Morgan fingerprint density at radius 3 is 1.30 bits per heavy atom.